The molecule has 1 rings (SSSR count). The van der Waals surface area contributed by atoms with Gasteiger partial charge in [-0.05, 0) is 31.0 Å². The van der Waals surface area contributed by atoms with Crippen molar-refractivity contribution in [1.29, 1.82) is 0 Å². The molecule has 1 aromatic carbocycles. The van der Waals surface area contributed by atoms with Crippen LogP contribution in [0.5, 0.6) is 0 Å². The lowest BCUT2D eigenvalue weighted by molar-refractivity contribution is 0.152. The number of rotatable bonds is 4. The average molecular weight is 199 g/mol. The standard InChI is InChI=1S/C10H14FNO2/c11-7-3-4-9(12)8(6-7)10(14)2-1-5-13/h3-4,6,10,13-14H,1-2,5,12H2. The highest BCUT2D eigenvalue weighted by atomic mass is 19.1. The molecule has 1 atom stereocenters. The zero-order chi connectivity index (χ0) is 10.6. The Kier molecular flexibility index (Phi) is 3.85. The van der Waals surface area contributed by atoms with Crippen LogP contribution in [0.25, 0.3) is 0 Å². The maximum atomic E-state index is 12.8. The van der Waals surface area contributed by atoms with E-state index in [2.05, 4.69) is 0 Å². The first-order valence-corrected chi connectivity index (χ1v) is 4.49. The van der Waals surface area contributed by atoms with Gasteiger partial charge in [-0.25, -0.2) is 4.39 Å². The van der Waals surface area contributed by atoms with Gasteiger partial charge >= 0.3 is 0 Å². The second-order valence-corrected chi connectivity index (χ2v) is 3.15. The van der Waals surface area contributed by atoms with Crippen LogP contribution in [0, 0.1) is 5.82 Å². The van der Waals surface area contributed by atoms with Crippen LogP contribution in [0.3, 0.4) is 0 Å². The molecule has 0 spiro atoms. The molecule has 14 heavy (non-hydrogen) atoms. The van der Waals surface area contributed by atoms with Gasteiger partial charge in [-0.15, -0.1) is 0 Å². The van der Waals surface area contributed by atoms with Crippen molar-refractivity contribution in [3.05, 3.63) is 29.6 Å². The van der Waals surface area contributed by atoms with Crippen LogP contribution in [0.4, 0.5) is 10.1 Å². The summed E-state index contributed by atoms with van der Waals surface area (Å²) in [5.41, 5.74) is 6.33. The number of nitrogen functional groups attached to an aromatic ring is 1. The van der Waals surface area contributed by atoms with Gasteiger partial charge in [0.05, 0.1) is 6.10 Å². The monoisotopic (exact) mass is 199 g/mol. The lowest BCUT2D eigenvalue weighted by atomic mass is 10.0. The molecule has 1 unspecified atom stereocenters. The second kappa shape index (κ2) is 4.93. The topological polar surface area (TPSA) is 66.5 Å². The molecule has 0 aromatic heterocycles. The van der Waals surface area contributed by atoms with Crippen molar-refractivity contribution in [3.63, 3.8) is 0 Å². The van der Waals surface area contributed by atoms with Gasteiger partial charge in [0.2, 0.25) is 0 Å². The summed E-state index contributed by atoms with van der Waals surface area (Å²) in [6, 6.07) is 3.89. The van der Waals surface area contributed by atoms with E-state index in [0.29, 0.717) is 24.1 Å². The van der Waals surface area contributed by atoms with E-state index in [1.807, 2.05) is 0 Å². The van der Waals surface area contributed by atoms with Crippen molar-refractivity contribution in [2.75, 3.05) is 12.3 Å². The molecular weight excluding hydrogens is 185 g/mol. The molecule has 0 aliphatic rings. The van der Waals surface area contributed by atoms with Gasteiger partial charge < -0.3 is 15.9 Å². The fraction of sp³-hybridized carbons (Fsp3) is 0.400. The minimum absolute atomic E-state index is 0.00623. The van der Waals surface area contributed by atoms with E-state index in [1.165, 1.54) is 18.2 Å². The third-order valence-corrected chi connectivity index (χ3v) is 2.04. The summed E-state index contributed by atoms with van der Waals surface area (Å²) >= 11 is 0. The van der Waals surface area contributed by atoms with Crippen molar-refractivity contribution in [2.45, 2.75) is 18.9 Å². The Morgan fingerprint density at radius 1 is 1.43 bits per heavy atom. The number of nitrogens with two attached hydrogens (primary N) is 1. The van der Waals surface area contributed by atoms with E-state index in [4.69, 9.17) is 10.8 Å². The first kappa shape index (κ1) is 10.9. The van der Waals surface area contributed by atoms with Crippen LogP contribution >= 0.6 is 0 Å². The van der Waals surface area contributed by atoms with Crippen molar-refractivity contribution in [1.82, 2.24) is 0 Å². The number of hydrogen-bond acceptors (Lipinski definition) is 3. The van der Waals surface area contributed by atoms with Crippen LogP contribution in [-0.2, 0) is 0 Å². The van der Waals surface area contributed by atoms with Gasteiger partial charge in [-0.2, -0.15) is 0 Å². The Balaban J connectivity index is 2.77. The minimum Gasteiger partial charge on any atom is -0.398 e. The number of anilines is 1. The third kappa shape index (κ3) is 2.68. The van der Waals surface area contributed by atoms with E-state index in [1.54, 1.807) is 0 Å². The van der Waals surface area contributed by atoms with Crippen molar-refractivity contribution in [3.8, 4) is 0 Å². The lowest BCUT2D eigenvalue weighted by Gasteiger charge is -2.12. The SMILES string of the molecule is Nc1ccc(F)cc1C(O)CCCO. The Hall–Kier alpha value is -1.13. The number of aliphatic hydroxyl groups is 2. The maximum absolute atomic E-state index is 12.8. The van der Waals surface area contributed by atoms with Crippen LogP contribution in [0.15, 0.2) is 18.2 Å². The molecule has 1 aromatic rings. The van der Waals surface area contributed by atoms with Gasteiger partial charge in [0.25, 0.3) is 0 Å². The van der Waals surface area contributed by atoms with Crippen molar-refractivity contribution < 1.29 is 14.6 Å². The molecule has 0 radical (unpaired) electrons. The number of benzene rings is 1. The molecular formula is C10H14FNO2. The van der Waals surface area contributed by atoms with Gasteiger partial charge in [-0.3, -0.25) is 0 Å². The lowest BCUT2D eigenvalue weighted by Crippen LogP contribution is -2.03. The normalized spacial score (nSPS) is 12.8. The maximum Gasteiger partial charge on any atom is 0.123 e. The van der Waals surface area contributed by atoms with E-state index in [9.17, 15) is 9.50 Å². The summed E-state index contributed by atoms with van der Waals surface area (Å²) in [6.07, 6.45) is 0.0409. The number of aliphatic hydroxyl groups excluding tert-OH is 2. The summed E-state index contributed by atoms with van der Waals surface area (Å²) in [5, 5.41) is 18.2. The van der Waals surface area contributed by atoms with E-state index in [-0.39, 0.29) is 6.61 Å². The molecule has 4 N–H and O–H groups in total. The predicted molar refractivity (Wildman–Crippen MR) is 52.1 cm³/mol. The number of halogens is 1. The quantitative estimate of drug-likeness (QED) is 0.638. The van der Waals surface area contributed by atoms with Crippen molar-refractivity contribution >= 4 is 5.69 Å². The first-order chi connectivity index (χ1) is 6.65. The highest BCUT2D eigenvalue weighted by Crippen LogP contribution is 2.24. The van der Waals surface area contributed by atoms with Crippen LogP contribution in [0.2, 0.25) is 0 Å². The molecule has 0 aliphatic heterocycles. The molecule has 0 fully saturated rings. The van der Waals surface area contributed by atoms with Gasteiger partial charge in [0.15, 0.2) is 0 Å². The molecule has 0 saturated carbocycles. The van der Waals surface area contributed by atoms with Gasteiger partial charge in [-0.1, -0.05) is 0 Å². The molecule has 3 nitrogen and oxygen atoms in total. The van der Waals surface area contributed by atoms with Crippen LogP contribution in [0.1, 0.15) is 24.5 Å². The summed E-state index contributed by atoms with van der Waals surface area (Å²) in [5.74, 6) is -0.419. The van der Waals surface area contributed by atoms with Crippen LogP contribution < -0.4 is 5.73 Å². The highest BCUT2D eigenvalue weighted by molar-refractivity contribution is 5.47. The molecule has 0 heterocycles. The highest BCUT2D eigenvalue weighted by Gasteiger charge is 2.11. The molecule has 78 valence electrons. The second-order valence-electron chi connectivity index (χ2n) is 3.15. The fourth-order valence-electron chi connectivity index (χ4n) is 1.27. The minimum atomic E-state index is -0.808. The Morgan fingerprint density at radius 3 is 2.79 bits per heavy atom. The van der Waals surface area contributed by atoms with E-state index in [0.717, 1.165) is 0 Å². The average Bonchev–Trinajstić information content (AvgIpc) is 2.18. The third-order valence-electron chi connectivity index (χ3n) is 2.04. The Bertz CT molecular complexity index is 304. The van der Waals surface area contributed by atoms with Crippen LogP contribution in [-0.4, -0.2) is 16.8 Å². The molecule has 0 aliphatic carbocycles. The zero-order valence-electron chi connectivity index (χ0n) is 7.78. The number of hydrogen-bond donors (Lipinski definition) is 3. The Labute approximate surface area is 82.0 Å². The summed E-state index contributed by atoms with van der Waals surface area (Å²) in [4.78, 5) is 0. The van der Waals surface area contributed by atoms with Gasteiger partial charge in [0.1, 0.15) is 5.82 Å². The largest absolute Gasteiger partial charge is 0.398 e. The Morgan fingerprint density at radius 2 is 2.14 bits per heavy atom. The first-order valence-electron chi connectivity index (χ1n) is 4.49. The van der Waals surface area contributed by atoms with Crippen molar-refractivity contribution in [2.24, 2.45) is 0 Å². The fourth-order valence-corrected chi connectivity index (χ4v) is 1.27. The smallest absolute Gasteiger partial charge is 0.123 e. The predicted octanol–water partition coefficient (Wildman–Crippen LogP) is 1.21. The summed E-state index contributed by atoms with van der Waals surface area (Å²) < 4.78 is 12.8. The summed E-state index contributed by atoms with van der Waals surface area (Å²) in [7, 11) is 0. The molecule has 0 saturated heterocycles. The van der Waals surface area contributed by atoms with Gasteiger partial charge in [0, 0.05) is 17.9 Å². The molecule has 0 bridgehead atoms. The molecule has 0 amide bonds. The van der Waals surface area contributed by atoms with E-state index >= 15 is 0 Å². The zero-order valence-corrected chi connectivity index (χ0v) is 7.78. The molecule has 4 heteroatoms. The summed E-state index contributed by atoms with van der Waals surface area (Å²) in [6.45, 7) is 0.00623. The van der Waals surface area contributed by atoms with E-state index < -0.39 is 11.9 Å².